The summed E-state index contributed by atoms with van der Waals surface area (Å²) in [6.45, 7) is 0. The van der Waals surface area contributed by atoms with Gasteiger partial charge in [0, 0.05) is 5.56 Å². The number of benzene rings is 1. The van der Waals surface area contributed by atoms with Gasteiger partial charge in [-0.15, -0.1) is 0 Å². The Morgan fingerprint density at radius 2 is 2.15 bits per heavy atom. The van der Waals surface area contributed by atoms with Crippen LogP contribution in [0.4, 0.5) is 0 Å². The van der Waals surface area contributed by atoms with Crippen LogP contribution < -0.4 is 4.74 Å². The maximum absolute atomic E-state index is 11.0. The summed E-state index contributed by atoms with van der Waals surface area (Å²) in [5, 5.41) is 9.04. The molecule has 0 saturated heterocycles. The highest BCUT2D eigenvalue weighted by molar-refractivity contribution is 14.1. The van der Waals surface area contributed by atoms with Crippen LogP contribution in [0.15, 0.2) is 24.5 Å². The molecule has 0 spiro atoms. The van der Waals surface area contributed by atoms with E-state index in [1.54, 1.807) is 12.1 Å². The Labute approximate surface area is 129 Å². The summed E-state index contributed by atoms with van der Waals surface area (Å²) in [7, 11) is 0. The van der Waals surface area contributed by atoms with Crippen molar-refractivity contribution in [2.75, 3.05) is 0 Å². The number of carbonyl (C=O) groups is 1. The van der Waals surface area contributed by atoms with E-state index in [0.717, 1.165) is 34.1 Å². The lowest BCUT2D eigenvalue weighted by Gasteiger charge is -2.10. The molecule has 0 amide bonds. The van der Waals surface area contributed by atoms with Crippen LogP contribution in [-0.2, 0) is 12.8 Å². The van der Waals surface area contributed by atoms with Crippen molar-refractivity contribution in [3.05, 3.63) is 44.9 Å². The lowest BCUT2D eigenvalue weighted by Crippen LogP contribution is -2.00. The van der Waals surface area contributed by atoms with Gasteiger partial charge in [-0.05, 0) is 60.1 Å². The Hall–Kier alpha value is -1.70. The average Bonchev–Trinajstić information content (AvgIpc) is 2.90. The van der Waals surface area contributed by atoms with Crippen molar-refractivity contribution in [1.82, 2.24) is 9.97 Å². The molecule has 102 valence electrons. The van der Waals surface area contributed by atoms with E-state index in [4.69, 9.17) is 9.84 Å². The van der Waals surface area contributed by atoms with Gasteiger partial charge in [-0.1, -0.05) is 0 Å². The predicted molar refractivity (Wildman–Crippen MR) is 80.2 cm³/mol. The Bertz CT molecular complexity index is 688. The number of aromatic nitrogens is 2. The van der Waals surface area contributed by atoms with Crippen molar-refractivity contribution < 1.29 is 14.6 Å². The normalized spacial score (nSPS) is 13.1. The number of nitrogens with zero attached hydrogens (tertiary/aromatic N) is 2. The first kappa shape index (κ1) is 13.3. The average molecular weight is 382 g/mol. The largest absolute Gasteiger partial charge is 0.478 e. The molecular formula is C14H11IN2O3. The highest BCUT2D eigenvalue weighted by Gasteiger charge is 2.19. The molecular weight excluding hydrogens is 371 g/mol. The summed E-state index contributed by atoms with van der Waals surface area (Å²) in [4.78, 5) is 19.4. The smallest absolute Gasteiger partial charge is 0.335 e. The number of rotatable bonds is 3. The van der Waals surface area contributed by atoms with Crippen molar-refractivity contribution in [2.24, 2.45) is 0 Å². The highest BCUT2D eigenvalue weighted by atomic mass is 127. The predicted octanol–water partition coefficient (Wildman–Crippen LogP) is 3.06. The Kier molecular flexibility index (Phi) is 3.56. The molecule has 1 aliphatic carbocycles. The standard InChI is InChI=1S/C14H11IN2O3/c15-10-5-4-8(14(18)19)6-12(10)20-13-9-2-1-3-11(9)16-7-17-13/h4-7H,1-3H2,(H,18,19). The summed E-state index contributed by atoms with van der Waals surface area (Å²) in [5.41, 5.74) is 2.26. The summed E-state index contributed by atoms with van der Waals surface area (Å²) < 4.78 is 6.67. The molecule has 0 bridgehead atoms. The van der Waals surface area contributed by atoms with Gasteiger partial charge in [0.25, 0.3) is 0 Å². The van der Waals surface area contributed by atoms with Crippen LogP contribution in [0.25, 0.3) is 0 Å². The van der Waals surface area contributed by atoms with Crippen LogP contribution in [0.2, 0.25) is 0 Å². The number of fused-ring (bicyclic) bond motifs is 1. The molecule has 1 aromatic carbocycles. The Morgan fingerprint density at radius 1 is 1.30 bits per heavy atom. The highest BCUT2D eigenvalue weighted by Crippen LogP contribution is 2.32. The zero-order valence-electron chi connectivity index (χ0n) is 10.5. The second-order valence-electron chi connectivity index (χ2n) is 4.51. The monoisotopic (exact) mass is 382 g/mol. The number of carboxylic acid groups (broad SMARTS) is 1. The van der Waals surface area contributed by atoms with Crippen LogP contribution in [-0.4, -0.2) is 21.0 Å². The third kappa shape index (κ3) is 2.47. The number of ether oxygens (including phenoxy) is 1. The van der Waals surface area contributed by atoms with E-state index in [1.165, 1.54) is 12.4 Å². The minimum absolute atomic E-state index is 0.200. The zero-order chi connectivity index (χ0) is 14.1. The summed E-state index contributed by atoms with van der Waals surface area (Å²) >= 11 is 2.11. The summed E-state index contributed by atoms with van der Waals surface area (Å²) in [6, 6.07) is 4.80. The van der Waals surface area contributed by atoms with E-state index >= 15 is 0 Å². The van der Waals surface area contributed by atoms with E-state index in [-0.39, 0.29) is 5.56 Å². The van der Waals surface area contributed by atoms with Gasteiger partial charge in [-0.2, -0.15) is 0 Å². The molecule has 1 aliphatic rings. The van der Waals surface area contributed by atoms with Gasteiger partial charge in [-0.25, -0.2) is 14.8 Å². The quantitative estimate of drug-likeness (QED) is 0.827. The third-order valence-electron chi connectivity index (χ3n) is 3.22. The van der Waals surface area contributed by atoms with Gasteiger partial charge >= 0.3 is 5.97 Å². The summed E-state index contributed by atoms with van der Waals surface area (Å²) in [6.07, 6.45) is 4.39. The molecule has 5 nitrogen and oxygen atoms in total. The third-order valence-corrected chi connectivity index (χ3v) is 4.11. The molecule has 6 heteroatoms. The van der Waals surface area contributed by atoms with Crippen LogP contribution in [0.1, 0.15) is 28.0 Å². The summed E-state index contributed by atoms with van der Waals surface area (Å²) in [5.74, 6) is 0.0745. The van der Waals surface area contributed by atoms with Crippen LogP contribution in [0.5, 0.6) is 11.6 Å². The number of aromatic carboxylic acids is 1. The molecule has 0 radical (unpaired) electrons. The van der Waals surface area contributed by atoms with Gasteiger partial charge in [0.1, 0.15) is 12.1 Å². The Balaban J connectivity index is 1.98. The number of carboxylic acids is 1. The van der Waals surface area contributed by atoms with Gasteiger partial charge in [-0.3, -0.25) is 0 Å². The van der Waals surface area contributed by atoms with Crippen molar-refractivity contribution >= 4 is 28.6 Å². The Morgan fingerprint density at radius 3 is 2.95 bits per heavy atom. The van der Waals surface area contributed by atoms with Gasteiger partial charge in [0.05, 0.1) is 14.8 Å². The molecule has 1 N–H and O–H groups in total. The van der Waals surface area contributed by atoms with E-state index < -0.39 is 5.97 Å². The first-order valence-corrected chi connectivity index (χ1v) is 7.26. The van der Waals surface area contributed by atoms with Crippen LogP contribution >= 0.6 is 22.6 Å². The molecule has 0 saturated carbocycles. The molecule has 0 unspecified atom stereocenters. The number of aryl methyl sites for hydroxylation is 1. The fourth-order valence-electron chi connectivity index (χ4n) is 2.24. The molecule has 0 fully saturated rings. The van der Waals surface area contributed by atoms with Crippen molar-refractivity contribution in [1.29, 1.82) is 0 Å². The maximum atomic E-state index is 11.0. The van der Waals surface area contributed by atoms with Gasteiger partial charge in [0.2, 0.25) is 5.88 Å². The number of hydrogen-bond acceptors (Lipinski definition) is 4. The maximum Gasteiger partial charge on any atom is 0.335 e. The molecule has 1 heterocycles. The second kappa shape index (κ2) is 5.35. The van der Waals surface area contributed by atoms with Gasteiger partial charge < -0.3 is 9.84 Å². The minimum atomic E-state index is -0.973. The van der Waals surface area contributed by atoms with Crippen molar-refractivity contribution in [3.8, 4) is 11.6 Å². The molecule has 3 rings (SSSR count). The number of hydrogen-bond donors (Lipinski definition) is 1. The van der Waals surface area contributed by atoms with E-state index in [0.29, 0.717) is 11.6 Å². The topological polar surface area (TPSA) is 72.3 Å². The molecule has 1 aromatic heterocycles. The van der Waals surface area contributed by atoms with E-state index in [9.17, 15) is 4.79 Å². The molecule has 2 aromatic rings. The first-order chi connectivity index (χ1) is 9.65. The molecule has 0 aliphatic heterocycles. The lowest BCUT2D eigenvalue weighted by molar-refractivity contribution is 0.0696. The van der Waals surface area contributed by atoms with Gasteiger partial charge in [0.15, 0.2) is 0 Å². The van der Waals surface area contributed by atoms with Crippen molar-refractivity contribution in [3.63, 3.8) is 0 Å². The van der Waals surface area contributed by atoms with Crippen LogP contribution in [0.3, 0.4) is 0 Å². The molecule has 0 atom stereocenters. The van der Waals surface area contributed by atoms with E-state index in [1.807, 2.05) is 0 Å². The van der Waals surface area contributed by atoms with Crippen molar-refractivity contribution in [2.45, 2.75) is 19.3 Å². The fourth-order valence-corrected chi connectivity index (χ4v) is 2.68. The van der Waals surface area contributed by atoms with E-state index in [2.05, 4.69) is 32.6 Å². The SMILES string of the molecule is O=C(O)c1ccc(I)c(Oc2ncnc3c2CCC3)c1. The fraction of sp³-hybridized carbons (Fsp3) is 0.214. The molecule has 20 heavy (non-hydrogen) atoms. The minimum Gasteiger partial charge on any atom is -0.478 e. The number of halogens is 1. The zero-order valence-corrected chi connectivity index (χ0v) is 12.6. The first-order valence-electron chi connectivity index (χ1n) is 6.18. The van der Waals surface area contributed by atoms with Crippen LogP contribution in [0, 0.1) is 3.57 Å². The lowest BCUT2D eigenvalue weighted by atomic mass is 10.2. The second-order valence-corrected chi connectivity index (χ2v) is 5.67.